The summed E-state index contributed by atoms with van der Waals surface area (Å²) in [6.45, 7) is 6.34. The number of hydrogen-bond donors (Lipinski definition) is 2. The van der Waals surface area contributed by atoms with Gasteiger partial charge in [0.2, 0.25) is 0 Å². The maximum absolute atomic E-state index is 14.4. The number of fused-ring (bicyclic) bond motifs is 9. The zero-order valence-corrected chi connectivity index (χ0v) is 30.2. The molecule has 1 spiro atoms. The van der Waals surface area contributed by atoms with E-state index in [-0.39, 0.29) is 72.9 Å². The maximum atomic E-state index is 14.4. The Balaban J connectivity index is 1.21. The molecular weight excluding hydrogens is 688 g/mol. The number of rotatable bonds is 1. The van der Waals surface area contributed by atoms with E-state index in [0.717, 1.165) is 17.6 Å². The smallest absolute Gasteiger partial charge is 0.338 e. The van der Waals surface area contributed by atoms with Gasteiger partial charge in [-0.15, -0.1) is 0 Å². The van der Waals surface area contributed by atoms with E-state index in [2.05, 4.69) is 13.0 Å². The normalized spacial score (nSPS) is 48.7. The third-order valence-corrected chi connectivity index (χ3v) is 15.2. The van der Waals surface area contributed by atoms with Gasteiger partial charge in [-0.25, -0.2) is 14.4 Å². The van der Waals surface area contributed by atoms with Crippen LogP contribution in [0.15, 0.2) is 56.7 Å². The van der Waals surface area contributed by atoms with E-state index >= 15 is 0 Å². The molecule has 13 nitrogen and oxygen atoms in total. The number of carbonyl (C=O) groups is 5. The molecule has 13 heteroatoms. The number of hydrogen-bond acceptors (Lipinski definition) is 13. The van der Waals surface area contributed by atoms with Gasteiger partial charge in [-0.05, 0) is 85.0 Å². The summed E-state index contributed by atoms with van der Waals surface area (Å²) >= 11 is 0. The fourth-order valence-corrected chi connectivity index (χ4v) is 12.6. The van der Waals surface area contributed by atoms with E-state index in [0.29, 0.717) is 23.1 Å². The lowest BCUT2D eigenvalue weighted by Gasteiger charge is -2.61. The predicted octanol–water partition coefficient (Wildman–Crippen LogP) is 2.45. The maximum Gasteiger partial charge on any atom is 0.338 e. The fraction of sp³-hybridized carbons (Fsp3) is 0.625. The van der Waals surface area contributed by atoms with Crippen LogP contribution in [0.5, 0.6) is 0 Å². The number of allylic oxidation sites excluding steroid dienone is 1. The number of aliphatic hydroxyl groups is 2. The molecule has 3 aliphatic heterocycles. The van der Waals surface area contributed by atoms with Crippen LogP contribution in [0, 0.1) is 46.3 Å². The van der Waals surface area contributed by atoms with Crippen molar-refractivity contribution in [2.75, 3.05) is 26.9 Å². The Morgan fingerprint density at radius 3 is 2.32 bits per heavy atom. The average Bonchev–Trinajstić information content (AvgIpc) is 4.03. The summed E-state index contributed by atoms with van der Waals surface area (Å²) in [7, 11) is 1.40. The van der Waals surface area contributed by atoms with Gasteiger partial charge in [-0.2, -0.15) is 0 Å². The third-order valence-electron chi connectivity index (χ3n) is 15.2. The summed E-state index contributed by atoms with van der Waals surface area (Å²) in [4.78, 5) is 66.6. The molecule has 0 amide bonds. The van der Waals surface area contributed by atoms with Crippen molar-refractivity contribution in [2.24, 2.45) is 46.3 Å². The van der Waals surface area contributed by atoms with Gasteiger partial charge in [0.05, 0.1) is 18.4 Å². The van der Waals surface area contributed by atoms with Crippen LogP contribution >= 0.6 is 0 Å². The van der Waals surface area contributed by atoms with Crippen molar-refractivity contribution >= 4 is 29.8 Å². The highest BCUT2D eigenvalue weighted by Gasteiger charge is 2.84. The molecule has 0 aromatic heterocycles. The number of cyclic esters (lactones) is 3. The molecule has 10 rings (SSSR count). The van der Waals surface area contributed by atoms with E-state index in [4.69, 9.17) is 28.4 Å². The molecule has 3 heterocycles. The van der Waals surface area contributed by atoms with Crippen molar-refractivity contribution in [3.8, 4) is 0 Å². The van der Waals surface area contributed by atoms with Crippen LogP contribution in [0.25, 0.3) is 0 Å². The van der Waals surface area contributed by atoms with Gasteiger partial charge in [0.25, 0.3) is 5.79 Å². The minimum Gasteiger partial charge on any atom is -0.461 e. The molecule has 2 bridgehead atoms. The number of methoxy groups -OCH3 is 1. The molecule has 0 radical (unpaired) electrons. The van der Waals surface area contributed by atoms with Crippen molar-refractivity contribution in [3.63, 3.8) is 0 Å². The Hall–Kier alpha value is -4.07. The van der Waals surface area contributed by atoms with Gasteiger partial charge in [0, 0.05) is 46.7 Å². The van der Waals surface area contributed by atoms with E-state index in [9.17, 15) is 34.2 Å². The molecule has 5 saturated carbocycles. The quantitative estimate of drug-likeness (QED) is 0.297. The first-order chi connectivity index (χ1) is 25.1. The summed E-state index contributed by atoms with van der Waals surface area (Å²) in [5, 5.41) is 25.1. The number of carbonyl (C=O) groups excluding carboxylic acids is 5. The second kappa shape index (κ2) is 10.2. The second-order valence-corrected chi connectivity index (χ2v) is 17.2. The van der Waals surface area contributed by atoms with Gasteiger partial charge in [-0.3, -0.25) is 9.59 Å². The van der Waals surface area contributed by atoms with Crippen molar-refractivity contribution in [3.05, 3.63) is 56.7 Å². The molecule has 7 aliphatic carbocycles. The van der Waals surface area contributed by atoms with Crippen LogP contribution < -0.4 is 0 Å². The summed E-state index contributed by atoms with van der Waals surface area (Å²) in [5.74, 6) is -6.43. The SMILES string of the molecule is CO[C@]12OC(=O)C(C)=C1C1=C3C(=C[C@@H]4[C@]15OC(=O)C1=C5C[C@H]5[C@](O)(COC(=O)/C(C)=C/COC(=O)CCC(=O)OC1)[C@H]1C[C@H]1[C@]45C)[C@H]1C[C@H]1[C@]3(C)[C@H]2O. The molecule has 10 aliphatic rings. The zero-order chi connectivity index (χ0) is 37.4. The van der Waals surface area contributed by atoms with Crippen LogP contribution in [0.3, 0.4) is 0 Å². The first-order valence-electron chi connectivity index (χ1n) is 18.6. The molecular formula is C40H42O13. The Kier molecular flexibility index (Phi) is 6.42. The minimum absolute atomic E-state index is 0.0197. The standard InChI is InChI=1S/C40H42O13/c1-16-8-9-49-27(41)6-7-28(42)50-14-20-22-13-25-36(3,23-12-24(23)38(25,47)15-51-32(16)43)26-11-19-18-10-21(18)37(4)30(19)31(39(22,26)52-34(20)45)29-17(2)33(44)53-40(29,48-5)35(37)46/h8,11,18,21,23-26,35,46-47H,6-7,9-10,12-15H2,1-5H3/b16-8+/t18-,21-,23-,24+,25-,26+,35-,36+,37+,38+,39+,40+/m1/s1. The highest BCUT2D eigenvalue weighted by Crippen LogP contribution is 2.83. The Morgan fingerprint density at radius 1 is 0.849 bits per heavy atom. The second-order valence-electron chi connectivity index (χ2n) is 17.2. The Labute approximate surface area is 305 Å². The van der Waals surface area contributed by atoms with Gasteiger partial charge >= 0.3 is 29.8 Å². The average molecular weight is 731 g/mol. The lowest BCUT2D eigenvalue weighted by molar-refractivity contribution is -0.252. The molecule has 0 saturated heterocycles. The van der Waals surface area contributed by atoms with Crippen LogP contribution in [-0.4, -0.2) is 90.1 Å². The molecule has 0 aromatic carbocycles. The number of esters is 5. The van der Waals surface area contributed by atoms with Crippen LogP contribution in [0.4, 0.5) is 0 Å². The molecule has 0 aromatic rings. The van der Waals surface area contributed by atoms with E-state index in [1.54, 1.807) is 6.92 Å². The van der Waals surface area contributed by atoms with Crippen LogP contribution in [0.1, 0.15) is 59.8 Å². The predicted molar refractivity (Wildman–Crippen MR) is 177 cm³/mol. The highest BCUT2D eigenvalue weighted by atomic mass is 16.7. The highest BCUT2D eigenvalue weighted by molar-refractivity contribution is 5.99. The summed E-state index contributed by atoms with van der Waals surface area (Å²) in [5.41, 5.74) is -0.737. The molecule has 2 N–H and O–H groups in total. The van der Waals surface area contributed by atoms with Gasteiger partial charge < -0.3 is 38.6 Å². The zero-order valence-electron chi connectivity index (χ0n) is 30.2. The van der Waals surface area contributed by atoms with Gasteiger partial charge in [0.1, 0.15) is 31.5 Å². The summed E-state index contributed by atoms with van der Waals surface area (Å²) in [6, 6.07) is 0. The first kappa shape index (κ1) is 33.5. The fourth-order valence-electron chi connectivity index (χ4n) is 12.6. The van der Waals surface area contributed by atoms with Gasteiger partial charge in [-0.1, -0.05) is 19.9 Å². The Morgan fingerprint density at radius 2 is 1.58 bits per heavy atom. The van der Waals surface area contributed by atoms with Gasteiger partial charge in [0.15, 0.2) is 5.60 Å². The third kappa shape index (κ3) is 3.72. The molecule has 53 heavy (non-hydrogen) atoms. The minimum atomic E-state index is -1.86. The van der Waals surface area contributed by atoms with E-state index < -0.39 is 82.2 Å². The molecule has 0 unspecified atom stereocenters. The van der Waals surface area contributed by atoms with E-state index in [1.807, 2.05) is 6.92 Å². The number of ether oxygens (including phenoxy) is 6. The number of aliphatic hydroxyl groups excluding tert-OH is 1. The topological polar surface area (TPSA) is 181 Å². The van der Waals surface area contributed by atoms with Crippen molar-refractivity contribution in [2.45, 2.75) is 82.9 Å². The lowest BCUT2D eigenvalue weighted by atomic mass is 9.45. The molecule has 12 atom stereocenters. The summed E-state index contributed by atoms with van der Waals surface area (Å²) < 4.78 is 35.5. The lowest BCUT2D eigenvalue weighted by Crippen LogP contribution is -2.65. The molecule has 280 valence electrons. The largest absolute Gasteiger partial charge is 0.461 e. The van der Waals surface area contributed by atoms with Crippen LogP contribution in [0.2, 0.25) is 0 Å². The van der Waals surface area contributed by atoms with Crippen molar-refractivity contribution in [1.82, 2.24) is 0 Å². The summed E-state index contributed by atoms with van der Waals surface area (Å²) in [6.07, 6.45) is 3.42. The van der Waals surface area contributed by atoms with Crippen molar-refractivity contribution in [1.29, 1.82) is 0 Å². The first-order valence-corrected chi connectivity index (χ1v) is 18.6. The van der Waals surface area contributed by atoms with E-state index in [1.165, 1.54) is 20.1 Å². The van der Waals surface area contributed by atoms with Crippen molar-refractivity contribution < 1.29 is 62.6 Å². The molecule has 5 fully saturated rings. The van der Waals surface area contributed by atoms with Crippen LogP contribution in [-0.2, 0) is 52.4 Å². The monoisotopic (exact) mass is 730 g/mol. The Bertz CT molecular complexity index is 2050.